The number of rotatable bonds is 2. The van der Waals surface area contributed by atoms with Crippen molar-refractivity contribution in [3.05, 3.63) is 11.6 Å². The molecule has 1 aromatic rings. The fourth-order valence-electron chi connectivity index (χ4n) is 2.48. The van der Waals surface area contributed by atoms with E-state index < -0.39 is 0 Å². The molecule has 5 heteroatoms. The highest BCUT2D eigenvalue weighted by atomic mass is 16.5. The Morgan fingerprint density at radius 2 is 2.38 bits per heavy atom. The summed E-state index contributed by atoms with van der Waals surface area (Å²) in [5.41, 5.74) is 5.92. The van der Waals surface area contributed by atoms with Gasteiger partial charge in [0.15, 0.2) is 5.82 Å². The fraction of sp³-hybridized carbons (Fsp3) is 0.818. The van der Waals surface area contributed by atoms with Gasteiger partial charge in [-0.05, 0) is 19.3 Å². The summed E-state index contributed by atoms with van der Waals surface area (Å²) < 4.78 is 7.60. The number of aromatic nitrogens is 3. The Balaban J connectivity index is 1.71. The maximum Gasteiger partial charge on any atom is 0.153 e. The molecule has 88 valence electrons. The van der Waals surface area contributed by atoms with Crippen LogP contribution >= 0.6 is 0 Å². The molecule has 3 rings (SSSR count). The highest BCUT2D eigenvalue weighted by Crippen LogP contribution is 2.17. The van der Waals surface area contributed by atoms with Crippen LogP contribution in [0.1, 0.15) is 30.9 Å². The maximum atomic E-state index is 5.92. The van der Waals surface area contributed by atoms with Crippen LogP contribution in [0.4, 0.5) is 0 Å². The Hall–Kier alpha value is -0.940. The van der Waals surface area contributed by atoms with Gasteiger partial charge in [0.25, 0.3) is 0 Å². The number of nitrogens with two attached hydrogens (primary N) is 1. The second kappa shape index (κ2) is 4.14. The van der Waals surface area contributed by atoms with Crippen molar-refractivity contribution in [1.29, 1.82) is 0 Å². The average molecular weight is 222 g/mol. The van der Waals surface area contributed by atoms with E-state index in [1.165, 1.54) is 6.42 Å². The van der Waals surface area contributed by atoms with Gasteiger partial charge < -0.3 is 10.5 Å². The smallest absolute Gasteiger partial charge is 0.153 e. The van der Waals surface area contributed by atoms with Gasteiger partial charge in [-0.25, -0.2) is 9.67 Å². The molecule has 0 bridgehead atoms. The minimum absolute atomic E-state index is 0.257. The standard InChI is InChI=1S/C11H18N4O/c12-8-3-4-15-11(6-8)13-10(14-15)7-9-2-1-5-16-9/h8-9H,1-7,12H2. The molecule has 0 saturated carbocycles. The molecule has 1 saturated heterocycles. The summed E-state index contributed by atoms with van der Waals surface area (Å²) in [6.45, 7) is 1.80. The Morgan fingerprint density at radius 1 is 1.44 bits per heavy atom. The molecule has 0 amide bonds. The van der Waals surface area contributed by atoms with Crippen molar-refractivity contribution in [2.75, 3.05) is 6.61 Å². The van der Waals surface area contributed by atoms with Crippen LogP contribution < -0.4 is 5.73 Å². The van der Waals surface area contributed by atoms with Crippen LogP contribution in [0.25, 0.3) is 0 Å². The molecule has 0 aliphatic carbocycles. The van der Waals surface area contributed by atoms with Crippen LogP contribution in [0.15, 0.2) is 0 Å². The molecule has 2 atom stereocenters. The van der Waals surface area contributed by atoms with E-state index in [0.29, 0.717) is 6.10 Å². The summed E-state index contributed by atoms with van der Waals surface area (Å²) in [5, 5.41) is 4.52. The van der Waals surface area contributed by atoms with Gasteiger partial charge in [0, 0.05) is 32.0 Å². The maximum absolute atomic E-state index is 5.92. The van der Waals surface area contributed by atoms with Gasteiger partial charge in [-0.15, -0.1) is 0 Å². The van der Waals surface area contributed by atoms with Crippen molar-refractivity contribution >= 4 is 0 Å². The minimum atomic E-state index is 0.257. The molecule has 16 heavy (non-hydrogen) atoms. The zero-order chi connectivity index (χ0) is 11.0. The van der Waals surface area contributed by atoms with Crippen LogP contribution in [0, 0.1) is 0 Å². The number of hydrogen-bond donors (Lipinski definition) is 1. The van der Waals surface area contributed by atoms with E-state index in [1.54, 1.807) is 0 Å². The molecule has 1 aromatic heterocycles. The van der Waals surface area contributed by atoms with Crippen molar-refractivity contribution in [3.63, 3.8) is 0 Å². The Kier molecular flexibility index (Phi) is 2.65. The predicted octanol–water partition coefficient (Wildman–Crippen LogP) is 0.273. The van der Waals surface area contributed by atoms with Gasteiger partial charge in [-0.1, -0.05) is 0 Å². The average Bonchev–Trinajstić information content (AvgIpc) is 2.86. The van der Waals surface area contributed by atoms with E-state index in [-0.39, 0.29) is 6.04 Å². The van der Waals surface area contributed by atoms with E-state index in [4.69, 9.17) is 10.5 Å². The second-order valence-electron chi connectivity index (χ2n) is 4.76. The first-order valence-electron chi connectivity index (χ1n) is 6.11. The monoisotopic (exact) mass is 222 g/mol. The molecule has 3 heterocycles. The lowest BCUT2D eigenvalue weighted by Gasteiger charge is -2.17. The largest absolute Gasteiger partial charge is 0.378 e. The zero-order valence-electron chi connectivity index (χ0n) is 9.43. The molecule has 0 spiro atoms. The minimum Gasteiger partial charge on any atom is -0.378 e. The van der Waals surface area contributed by atoms with Crippen molar-refractivity contribution in [3.8, 4) is 0 Å². The molecule has 2 aliphatic heterocycles. The second-order valence-corrected chi connectivity index (χ2v) is 4.76. The molecule has 5 nitrogen and oxygen atoms in total. The lowest BCUT2D eigenvalue weighted by atomic mass is 10.1. The predicted molar refractivity (Wildman–Crippen MR) is 59.0 cm³/mol. The molecular formula is C11H18N4O. The highest BCUT2D eigenvalue weighted by molar-refractivity contribution is 5.00. The third kappa shape index (κ3) is 1.97. The summed E-state index contributed by atoms with van der Waals surface area (Å²) >= 11 is 0. The van der Waals surface area contributed by atoms with Crippen LogP contribution in [-0.4, -0.2) is 33.5 Å². The summed E-state index contributed by atoms with van der Waals surface area (Å²) in [6.07, 6.45) is 5.37. The van der Waals surface area contributed by atoms with Crippen LogP contribution in [-0.2, 0) is 24.1 Å². The first-order valence-corrected chi connectivity index (χ1v) is 6.11. The lowest BCUT2D eigenvalue weighted by molar-refractivity contribution is 0.110. The number of fused-ring (bicyclic) bond motifs is 1. The van der Waals surface area contributed by atoms with Gasteiger partial charge in [-0.3, -0.25) is 0 Å². The molecule has 0 radical (unpaired) electrons. The van der Waals surface area contributed by atoms with E-state index in [0.717, 1.165) is 50.5 Å². The van der Waals surface area contributed by atoms with E-state index in [1.807, 2.05) is 4.68 Å². The Morgan fingerprint density at radius 3 is 3.19 bits per heavy atom. The molecule has 2 unspecified atom stereocenters. The zero-order valence-corrected chi connectivity index (χ0v) is 9.43. The molecule has 1 fully saturated rings. The van der Waals surface area contributed by atoms with Gasteiger partial charge >= 0.3 is 0 Å². The molecule has 2 N–H and O–H groups in total. The van der Waals surface area contributed by atoms with Crippen molar-refractivity contribution < 1.29 is 4.74 Å². The Bertz CT molecular complexity index is 370. The highest BCUT2D eigenvalue weighted by Gasteiger charge is 2.22. The van der Waals surface area contributed by atoms with Gasteiger partial charge in [0.2, 0.25) is 0 Å². The van der Waals surface area contributed by atoms with Crippen LogP contribution in [0.2, 0.25) is 0 Å². The summed E-state index contributed by atoms with van der Waals surface area (Å²) in [6, 6.07) is 0.257. The van der Waals surface area contributed by atoms with Crippen molar-refractivity contribution in [2.45, 2.75) is 50.8 Å². The normalized spacial score (nSPS) is 29.3. The van der Waals surface area contributed by atoms with Crippen LogP contribution in [0.3, 0.4) is 0 Å². The van der Waals surface area contributed by atoms with Gasteiger partial charge in [0.1, 0.15) is 5.82 Å². The summed E-state index contributed by atoms with van der Waals surface area (Å²) in [4.78, 5) is 4.56. The van der Waals surface area contributed by atoms with E-state index in [2.05, 4.69) is 10.1 Å². The van der Waals surface area contributed by atoms with E-state index in [9.17, 15) is 0 Å². The molecule has 2 aliphatic rings. The van der Waals surface area contributed by atoms with Crippen LogP contribution in [0.5, 0.6) is 0 Å². The Labute approximate surface area is 95.0 Å². The topological polar surface area (TPSA) is 66.0 Å². The first-order chi connectivity index (χ1) is 7.81. The number of nitrogens with zero attached hydrogens (tertiary/aromatic N) is 3. The fourth-order valence-corrected chi connectivity index (χ4v) is 2.48. The molecular weight excluding hydrogens is 204 g/mol. The van der Waals surface area contributed by atoms with Crippen molar-refractivity contribution in [2.24, 2.45) is 5.73 Å². The number of hydrogen-bond acceptors (Lipinski definition) is 4. The number of ether oxygens (including phenoxy) is 1. The van der Waals surface area contributed by atoms with Gasteiger partial charge in [0.05, 0.1) is 6.10 Å². The number of aryl methyl sites for hydroxylation is 1. The third-order valence-corrected chi connectivity index (χ3v) is 3.38. The van der Waals surface area contributed by atoms with E-state index >= 15 is 0 Å². The molecule has 0 aromatic carbocycles. The first kappa shape index (κ1) is 10.2. The van der Waals surface area contributed by atoms with Gasteiger partial charge in [-0.2, -0.15) is 5.10 Å². The summed E-state index contributed by atoms with van der Waals surface area (Å²) in [7, 11) is 0. The van der Waals surface area contributed by atoms with Crippen molar-refractivity contribution in [1.82, 2.24) is 14.8 Å². The quantitative estimate of drug-likeness (QED) is 0.780. The SMILES string of the molecule is NC1CCn2nc(CC3CCCO3)nc2C1. The third-order valence-electron chi connectivity index (χ3n) is 3.38. The lowest BCUT2D eigenvalue weighted by Crippen LogP contribution is -2.31. The summed E-state index contributed by atoms with van der Waals surface area (Å²) in [5.74, 6) is 1.97.